The second kappa shape index (κ2) is 11.9. The van der Waals surface area contributed by atoms with E-state index < -0.39 is 12.0 Å². The number of halogens is 1. The van der Waals surface area contributed by atoms with Crippen LogP contribution in [0.2, 0.25) is 5.02 Å². The van der Waals surface area contributed by atoms with E-state index in [1.54, 1.807) is 12.3 Å². The number of hydrogen-bond donors (Lipinski definition) is 3. The third kappa shape index (κ3) is 5.71. The second-order valence-corrected chi connectivity index (χ2v) is 10.1. The summed E-state index contributed by atoms with van der Waals surface area (Å²) in [7, 11) is 0. The maximum atomic E-state index is 13.0. The van der Waals surface area contributed by atoms with Gasteiger partial charge in [0.25, 0.3) is 0 Å². The van der Waals surface area contributed by atoms with E-state index in [1.807, 2.05) is 60.4 Å². The highest BCUT2D eigenvalue weighted by Gasteiger charge is 2.41. The van der Waals surface area contributed by atoms with Gasteiger partial charge in [-0.25, -0.2) is 4.79 Å². The van der Waals surface area contributed by atoms with Crippen molar-refractivity contribution in [2.75, 3.05) is 11.9 Å². The van der Waals surface area contributed by atoms with Gasteiger partial charge < -0.3 is 25.1 Å². The largest absolute Gasteiger partial charge is 0.478 e. The van der Waals surface area contributed by atoms with Gasteiger partial charge >= 0.3 is 5.97 Å². The Morgan fingerprint density at radius 1 is 1.12 bits per heavy atom. The summed E-state index contributed by atoms with van der Waals surface area (Å²) in [6.45, 7) is 2.38. The Bertz CT molecular complexity index is 1560. The van der Waals surface area contributed by atoms with E-state index in [-0.39, 0.29) is 23.9 Å². The number of pyridine rings is 1. The monoisotopic (exact) mass is 574 g/mol. The average molecular weight is 575 g/mol. The molecule has 0 bridgehead atoms. The lowest BCUT2D eigenvalue weighted by atomic mass is 10.0. The number of para-hydroxylation sites is 1. The van der Waals surface area contributed by atoms with Gasteiger partial charge in [-0.2, -0.15) is 0 Å². The number of anilines is 1. The highest BCUT2D eigenvalue weighted by molar-refractivity contribution is 7.80. The number of amides is 1. The standard InChI is InChI=1S/C30H27ClN4O4S/c1-2-18-7-3-4-8-22(18)33-26(36)14-16-35-28(27(34-30(35)40)23-9-5-6-15-32-23)25-13-12-24(39-25)20-17-19(29(37)38)10-11-21(20)31/h3-13,15,17,27-28H,2,14,16H2,1H3,(H,33,36)(H,34,40)(H,37,38)/t27-,28+/m0/s1. The van der Waals surface area contributed by atoms with E-state index in [9.17, 15) is 14.7 Å². The lowest BCUT2D eigenvalue weighted by Crippen LogP contribution is -2.32. The van der Waals surface area contributed by atoms with Crippen molar-refractivity contribution in [1.29, 1.82) is 0 Å². The fourth-order valence-electron chi connectivity index (χ4n) is 4.84. The first kappa shape index (κ1) is 27.4. The van der Waals surface area contributed by atoms with Crippen LogP contribution in [-0.4, -0.2) is 38.5 Å². The predicted octanol–water partition coefficient (Wildman–Crippen LogP) is 6.26. The summed E-state index contributed by atoms with van der Waals surface area (Å²) >= 11 is 12.1. The van der Waals surface area contributed by atoms with Gasteiger partial charge in [-0.15, -0.1) is 0 Å². The Kier molecular flexibility index (Phi) is 8.14. The number of aryl methyl sites for hydroxylation is 1. The van der Waals surface area contributed by atoms with Crippen molar-refractivity contribution < 1.29 is 19.1 Å². The number of carboxylic acid groups (broad SMARTS) is 1. The molecule has 0 unspecified atom stereocenters. The maximum Gasteiger partial charge on any atom is 0.335 e. The molecule has 2 aromatic carbocycles. The summed E-state index contributed by atoms with van der Waals surface area (Å²) in [5.74, 6) is -0.182. The summed E-state index contributed by atoms with van der Waals surface area (Å²) in [4.78, 5) is 30.9. The molecule has 4 aromatic rings. The van der Waals surface area contributed by atoms with Crippen LogP contribution in [0.5, 0.6) is 0 Å². The highest BCUT2D eigenvalue weighted by atomic mass is 35.5. The van der Waals surface area contributed by atoms with E-state index in [1.165, 1.54) is 18.2 Å². The van der Waals surface area contributed by atoms with Crippen molar-refractivity contribution in [2.45, 2.75) is 31.8 Å². The fourth-order valence-corrected chi connectivity index (χ4v) is 5.39. The topological polar surface area (TPSA) is 108 Å². The molecule has 204 valence electrons. The van der Waals surface area contributed by atoms with E-state index in [2.05, 4.69) is 15.6 Å². The SMILES string of the molecule is CCc1ccccc1NC(=O)CCN1C(=S)N[C@@H](c2ccccn2)[C@H]1c1ccc(-c2cc(C(=O)O)ccc2Cl)o1. The number of rotatable bonds is 9. The van der Waals surface area contributed by atoms with Crippen molar-refractivity contribution in [3.8, 4) is 11.3 Å². The van der Waals surface area contributed by atoms with Gasteiger partial charge in [-0.3, -0.25) is 9.78 Å². The molecule has 5 rings (SSSR count). The lowest BCUT2D eigenvalue weighted by Gasteiger charge is -2.26. The minimum atomic E-state index is -1.06. The van der Waals surface area contributed by atoms with Crippen LogP contribution < -0.4 is 10.6 Å². The minimum Gasteiger partial charge on any atom is -0.478 e. The number of carbonyl (C=O) groups excluding carboxylic acids is 1. The molecule has 1 amide bonds. The molecular formula is C30H27ClN4O4S. The van der Waals surface area contributed by atoms with Crippen LogP contribution in [0, 0.1) is 0 Å². The van der Waals surface area contributed by atoms with E-state index >= 15 is 0 Å². The van der Waals surface area contributed by atoms with Gasteiger partial charge in [-0.05, 0) is 72.7 Å². The van der Waals surface area contributed by atoms with Crippen LogP contribution >= 0.6 is 23.8 Å². The maximum absolute atomic E-state index is 13.0. The zero-order valence-electron chi connectivity index (χ0n) is 21.6. The number of carboxylic acids is 1. The number of nitrogens with one attached hydrogen (secondary N) is 2. The Hall–Kier alpha value is -4.21. The van der Waals surface area contributed by atoms with E-state index in [4.69, 9.17) is 28.2 Å². The molecule has 0 saturated carbocycles. The minimum absolute atomic E-state index is 0.102. The van der Waals surface area contributed by atoms with E-state index in [0.29, 0.717) is 33.8 Å². The Labute approximate surface area is 242 Å². The molecule has 3 heterocycles. The van der Waals surface area contributed by atoms with Crippen LogP contribution in [0.1, 0.15) is 52.8 Å². The van der Waals surface area contributed by atoms with Gasteiger partial charge in [-0.1, -0.05) is 42.8 Å². The molecule has 1 aliphatic rings. The van der Waals surface area contributed by atoms with Crippen molar-refractivity contribution >= 4 is 46.5 Å². The second-order valence-electron chi connectivity index (χ2n) is 9.33. The third-order valence-electron chi connectivity index (χ3n) is 6.85. The lowest BCUT2D eigenvalue weighted by molar-refractivity contribution is -0.116. The summed E-state index contributed by atoms with van der Waals surface area (Å²) in [6.07, 6.45) is 2.72. The van der Waals surface area contributed by atoms with Crippen LogP contribution in [0.25, 0.3) is 11.3 Å². The van der Waals surface area contributed by atoms with Gasteiger partial charge in [0.2, 0.25) is 5.91 Å². The normalized spacial score (nSPS) is 16.6. The van der Waals surface area contributed by atoms with Crippen LogP contribution in [0.15, 0.2) is 83.4 Å². The summed E-state index contributed by atoms with van der Waals surface area (Å²) in [6, 6.07) is 20.7. The summed E-state index contributed by atoms with van der Waals surface area (Å²) in [5.41, 5.74) is 3.20. The predicted molar refractivity (Wildman–Crippen MR) is 157 cm³/mol. The van der Waals surface area contributed by atoms with Crippen LogP contribution in [0.4, 0.5) is 5.69 Å². The molecule has 8 nitrogen and oxygen atoms in total. The first-order valence-corrected chi connectivity index (χ1v) is 13.6. The zero-order chi connectivity index (χ0) is 28.2. The van der Waals surface area contributed by atoms with Crippen LogP contribution in [0.3, 0.4) is 0 Å². The van der Waals surface area contributed by atoms with Crippen molar-refractivity contribution in [3.63, 3.8) is 0 Å². The van der Waals surface area contributed by atoms with Gasteiger partial charge in [0.15, 0.2) is 5.11 Å². The Morgan fingerprint density at radius 3 is 2.67 bits per heavy atom. The fraction of sp³-hybridized carbons (Fsp3) is 0.200. The molecule has 3 N–H and O–H groups in total. The number of hydrogen-bond acceptors (Lipinski definition) is 5. The number of thiocarbonyl (C=S) groups is 1. The Balaban J connectivity index is 1.43. The molecule has 1 fully saturated rings. The highest BCUT2D eigenvalue weighted by Crippen LogP contribution is 2.41. The molecule has 2 aromatic heterocycles. The number of furan rings is 1. The smallest absolute Gasteiger partial charge is 0.335 e. The summed E-state index contributed by atoms with van der Waals surface area (Å²) in [5, 5.41) is 16.6. The average Bonchev–Trinajstić information content (AvgIpc) is 3.57. The third-order valence-corrected chi connectivity index (χ3v) is 7.53. The number of aromatic nitrogens is 1. The molecule has 2 atom stereocenters. The zero-order valence-corrected chi connectivity index (χ0v) is 23.2. The van der Waals surface area contributed by atoms with E-state index in [0.717, 1.165) is 23.4 Å². The van der Waals surface area contributed by atoms with Gasteiger partial charge in [0, 0.05) is 30.4 Å². The molecule has 0 spiro atoms. The molecule has 40 heavy (non-hydrogen) atoms. The van der Waals surface area contributed by atoms with Gasteiger partial charge in [0.05, 0.1) is 22.3 Å². The van der Waals surface area contributed by atoms with Crippen LogP contribution in [-0.2, 0) is 11.2 Å². The molecule has 0 radical (unpaired) electrons. The van der Waals surface area contributed by atoms with Crippen molar-refractivity contribution in [1.82, 2.24) is 15.2 Å². The van der Waals surface area contributed by atoms with Crippen molar-refractivity contribution in [3.05, 3.63) is 107 Å². The number of nitrogens with zero attached hydrogens (tertiary/aromatic N) is 2. The molecular weight excluding hydrogens is 548 g/mol. The molecule has 1 saturated heterocycles. The molecule has 0 aliphatic carbocycles. The van der Waals surface area contributed by atoms with Crippen molar-refractivity contribution in [2.24, 2.45) is 0 Å². The first-order chi connectivity index (χ1) is 19.4. The first-order valence-electron chi connectivity index (χ1n) is 12.8. The quantitative estimate of drug-likeness (QED) is 0.201. The number of benzene rings is 2. The molecule has 10 heteroatoms. The number of aromatic carboxylic acids is 1. The Morgan fingerprint density at radius 2 is 1.93 bits per heavy atom. The molecule has 1 aliphatic heterocycles. The summed E-state index contributed by atoms with van der Waals surface area (Å²) < 4.78 is 6.29. The number of carbonyl (C=O) groups is 2. The van der Waals surface area contributed by atoms with Gasteiger partial charge in [0.1, 0.15) is 17.6 Å².